The fraction of sp³-hybridized carbons (Fsp3) is 0.278. The predicted octanol–water partition coefficient (Wildman–Crippen LogP) is 2.86. The average molecular weight is 401 g/mol. The molecule has 1 atom stereocenters. The van der Waals surface area contributed by atoms with Crippen LogP contribution in [0.5, 0.6) is 0 Å². The van der Waals surface area contributed by atoms with Gasteiger partial charge in [-0.05, 0) is 5.56 Å². The van der Waals surface area contributed by atoms with Crippen molar-refractivity contribution in [1.29, 1.82) is 0 Å². The second kappa shape index (κ2) is 7.91. The highest BCUT2D eigenvalue weighted by molar-refractivity contribution is 6.33. The summed E-state index contributed by atoms with van der Waals surface area (Å²) in [5.74, 6) is 1.05. The summed E-state index contributed by atoms with van der Waals surface area (Å²) in [6.45, 7) is 2.01. The summed E-state index contributed by atoms with van der Waals surface area (Å²) in [5.41, 5.74) is 0.972. The van der Waals surface area contributed by atoms with Crippen molar-refractivity contribution < 1.29 is 9.66 Å². The Balaban J connectivity index is 1.59. The number of hydrogen-bond acceptors (Lipinski definition) is 7. The minimum absolute atomic E-state index is 0.149. The van der Waals surface area contributed by atoms with Gasteiger partial charge in [-0.2, -0.15) is 5.10 Å². The van der Waals surface area contributed by atoms with Gasteiger partial charge in [-0.3, -0.25) is 10.1 Å². The van der Waals surface area contributed by atoms with Crippen molar-refractivity contribution in [1.82, 2.24) is 19.7 Å². The number of benzene rings is 1. The molecule has 0 radical (unpaired) electrons. The van der Waals surface area contributed by atoms with Crippen LogP contribution in [0.2, 0.25) is 5.02 Å². The van der Waals surface area contributed by atoms with Gasteiger partial charge in [-0.1, -0.05) is 41.9 Å². The zero-order valence-corrected chi connectivity index (χ0v) is 15.6. The molecule has 144 valence electrons. The van der Waals surface area contributed by atoms with Crippen LogP contribution in [-0.2, 0) is 11.3 Å². The van der Waals surface area contributed by atoms with Crippen LogP contribution in [0.15, 0.2) is 48.9 Å². The van der Waals surface area contributed by atoms with Gasteiger partial charge < -0.3 is 9.64 Å². The molecule has 4 rings (SSSR count). The van der Waals surface area contributed by atoms with Crippen LogP contribution in [0.4, 0.5) is 11.5 Å². The number of nitro groups is 1. The minimum atomic E-state index is -0.522. The van der Waals surface area contributed by atoms with E-state index in [-0.39, 0.29) is 16.8 Å². The molecule has 1 saturated heterocycles. The summed E-state index contributed by atoms with van der Waals surface area (Å²) in [4.78, 5) is 21.0. The first-order valence-corrected chi connectivity index (χ1v) is 9.07. The predicted molar refractivity (Wildman–Crippen MR) is 102 cm³/mol. The molecule has 2 aromatic heterocycles. The number of anilines is 1. The number of aromatic nitrogens is 4. The van der Waals surface area contributed by atoms with Crippen LogP contribution in [-0.4, -0.2) is 44.4 Å². The fourth-order valence-corrected chi connectivity index (χ4v) is 3.38. The van der Waals surface area contributed by atoms with Crippen molar-refractivity contribution in [2.75, 3.05) is 24.7 Å². The number of pyridine rings is 1. The largest absolute Gasteiger partial charge is 0.377 e. The summed E-state index contributed by atoms with van der Waals surface area (Å²) in [5, 5.41) is 15.7. The third-order valence-electron chi connectivity index (χ3n) is 4.46. The van der Waals surface area contributed by atoms with E-state index < -0.39 is 4.92 Å². The maximum atomic E-state index is 10.9. The van der Waals surface area contributed by atoms with E-state index in [0.29, 0.717) is 37.9 Å². The fourth-order valence-electron chi connectivity index (χ4n) is 3.11. The van der Waals surface area contributed by atoms with E-state index >= 15 is 0 Å². The lowest BCUT2D eigenvalue weighted by atomic mass is 10.2. The van der Waals surface area contributed by atoms with E-state index in [0.717, 1.165) is 5.56 Å². The van der Waals surface area contributed by atoms with Gasteiger partial charge >= 0.3 is 0 Å². The van der Waals surface area contributed by atoms with Crippen molar-refractivity contribution >= 4 is 23.1 Å². The maximum absolute atomic E-state index is 10.9. The normalized spacial score (nSPS) is 16.9. The summed E-state index contributed by atoms with van der Waals surface area (Å²) < 4.78 is 7.37. The number of halogens is 1. The van der Waals surface area contributed by atoms with E-state index in [1.807, 2.05) is 35.2 Å². The molecule has 3 aromatic rings. The molecule has 10 heteroatoms. The first kappa shape index (κ1) is 18.3. The smallest absolute Gasteiger partial charge is 0.289 e. The number of rotatable bonds is 5. The zero-order chi connectivity index (χ0) is 19.5. The Bertz CT molecular complexity index is 980. The standard InChI is InChI=1S/C18H17ClN6O3/c19-15-8-14(25(26)27)9-20-18(15)24-6-7-28-11-16(24)17-21-12-23(22-17)10-13-4-2-1-3-5-13/h1-5,8-9,12,16H,6-7,10-11H2/t16-/m1/s1. The second-order valence-corrected chi connectivity index (χ2v) is 6.73. The van der Waals surface area contributed by atoms with Crippen molar-refractivity contribution in [2.24, 2.45) is 0 Å². The number of ether oxygens (including phenoxy) is 1. The Hall–Kier alpha value is -3.04. The highest BCUT2D eigenvalue weighted by atomic mass is 35.5. The molecule has 0 aliphatic carbocycles. The number of morpholine rings is 1. The number of nitrogens with zero attached hydrogens (tertiary/aromatic N) is 6. The molecule has 0 N–H and O–H groups in total. The van der Waals surface area contributed by atoms with Gasteiger partial charge in [0.2, 0.25) is 0 Å². The van der Waals surface area contributed by atoms with Crippen LogP contribution in [0.25, 0.3) is 0 Å². The molecule has 1 aromatic carbocycles. The van der Waals surface area contributed by atoms with E-state index in [1.165, 1.54) is 12.3 Å². The highest BCUT2D eigenvalue weighted by Crippen LogP contribution is 2.33. The van der Waals surface area contributed by atoms with Crippen LogP contribution in [0, 0.1) is 10.1 Å². The lowest BCUT2D eigenvalue weighted by Gasteiger charge is -2.35. The molecule has 1 fully saturated rings. The van der Waals surface area contributed by atoms with E-state index in [1.54, 1.807) is 11.0 Å². The van der Waals surface area contributed by atoms with Crippen LogP contribution >= 0.6 is 11.6 Å². The molecule has 0 bridgehead atoms. The minimum Gasteiger partial charge on any atom is -0.377 e. The Kier molecular flexibility index (Phi) is 5.18. The van der Waals surface area contributed by atoms with Crippen molar-refractivity contribution in [3.63, 3.8) is 0 Å². The topological polar surface area (TPSA) is 99.2 Å². The molecule has 0 unspecified atom stereocenters. The van der Waals surface area contributed by atoms with Gasteiger partial charge in [0, 0.05) is 12.6 Å². The number of hydrogen-bond donors (Lipinski definition) is 0. The third-order valence-corrected chi connectivity index (χ3v) is 4.74. The quantitative estimate of drug-likeness (QED) is 0.479. The molecular formula is C18H17ClN6O3. The van der Waals surface area contributed by atoms with Gasteiger partial charge in [-0.25, -0.2) is 14.6 Å². The van der Waals surface area contributed by atoms with Crippen molar-refractivity contribution in [2.45, 2.75) is 12.6 Å². The third kappa shape index (κ3) is 3.80. The SMILES string of the molecule is O=[N+]([O-])c1cnc(N2CCOC[C@@H]2c2ncn(Cc3ccccc3)n2)c(Cl)c1. The Morgan fingerprint density at radius 3 is 2.86 bits per heavy atom. The van der Waals surface area contributed by atoms with Crippen LogP contribution in [0.1, 0.15) is 17.4 Å². The van der Waals surface area contributed by atoms with E-state index in [9.17, 15) is 10.1 Å². The lowest BCUT2D eigenvalue weighted by molar-refractivity contribution is -0.385. The van der Waals surface area contributed by atoms with Gasteiger partial charge in [0.1, 0.15) is 24.4 Å². The summed E-state index contributed by atoms with van der Waals surface area (Å²) in [6.07, 6.45) is 2.88. The highest BCUT2D eigenvalue weighted by Gasteiger charge is 2.31. The first-order valence-electron chi connectivity index (χ1n) is 8.69. The maximum Gasteiger partial charge on any atom is 0.289 e. The Morgan fingerprint density at radius 2 is 2.11 bits per heavy atom. The average Bonchev–Trinajstić information content (AvgIpc) is 3.17. The van der Waals surface area contributed by atoms with Gasteiger partial charge in [-0.15, -0.1) is 0 Å². The first-order chi connectivity index (χ1) is 13.6. The molecule has 3 heterocycles. The summed E-state index contributed by atoms with van der Waals surface area (Å²) in [6, 6.07) is 11.0. The monoisotopic (exact) mass is 400 g/mol. The summed E-state index contributed by atoms with van der Waals surface area (Å²) >= 11 is 6.28. The summed E-state index contributed by atoms with van der Waals surface area (Å²) in [7, 11) is 0. The van der Waals surface area contributed by atoms with E-state index in [2.05, 4.69) is 15.1 Å². The lowest BCUT2D eigenvalue weighted by Crippen LogP contribution is -2.40. The van der Waals surface area contributed by atoms with Crippen molar-refractivity contribution in [3.05, 3.63) is 75.4 Å². The molecule has 28 heavy (non-hydrogen) atoms. The molecule has 0 amide bonds. The second-order valence-electron chi connectivity index (χ2n) is 6.33. The van der Waals surface area contributed by atoms with Gasteiger partial charge in [0.05, 0.1) is 29.7 Å². The Morgan fingerprint density at radius 1 is 1.29 bits per heavy atom. The molecule has 9 nitrogen and oxygen atoms in total. The molecule has 0 saturated carbocycles. The van der Waals surface area contributed by atoms with Gasteiger partial charge in [0.25, 0.3) is 5.69 Å². The Labute approximate surface area is 165 Å². The molecule has 1 aliphatic rings. The molecular weight excluding hydrogens is 384 g/mol. The zero-order valence-electron chi connectivity index (χ0n) is 14.8. The molecule has 1 aliphatic heterocycles. The van der Waals surface area contributed by atoms with Gasteiger partial charge in [0.15, 0.2) is 5.82 Å². The van der Waals surface area contributed by atoms with Crippen LogP contribution in [0.3, 0.4) is 0 Å². The van der Waals surface area contributed by atoms with Crippen LogP contribution < -0.4 is 4.90 Å². The molecule has 0 spiro atoms. The van der Waals surface area contributed by atoms with E-state index in [4.69, 9.17) is 16.3 Å². The van der Waals surface area contributed by atoms with Crippen molar-refractivity contribution in [3.8, 4) is 0 Å².